The molecule has 0 aromatic heterocycles. The first-order chi connectivity index (χ1) is 9.99. The van der Waals surface area contributed by atoms with E-state index >= 15 is 0 Å². The van der Waals surface area contributed by atoms with Crippen molar-refractivity contribution in [2.45, 2.75) is 30.8 Å². The third kappa shape index (κ3) is 4.14. The number of amidine groups is 1. The van der Waals surface area contributed by atoms with E-state index < -0.39 is 0 Å². The molecular formula is C15H21N3O2S. The van der Waals surface area contributed by atoms with E-state index in [0.717, 1.165) is 18.7 Å². The highest BCUT2D eigenvalue weighted by Gasteiger charge is 2.25. The SMILES string of the molecule is CC1CN(C(=O)Cc2ccc(C(N)=NO)cc2)CC(C)S1. The van der Waals surface area contributed by atoms with Crippen LogP contribution in [0.25, 0.3) is 0 Å². The molecular weight excluding hydrogens is 286 g/mol. The van der Waals surface area contributed by atoms with Gasteiger partial charge in [0.2, 0.25) is 5.91 Å². The Morgan fingerprint density at radius 1 is 1.33 bits per heavy atom. The van der Waals surface area contributed by atoms with Gasteiger partial charge in [-0.2, -0.15) is 11.8 Å². The summed E-state index contributed by atoms with van der Waals surface area (Å²) in [6, 6.07) is 7.21. The van der Waals surface area contributed by atoms with Crippen molar-refractivity contribution < 1.29 is 10.0 Å². The highest BCUT2D eigenvalue weighted by atomic mass is 32.2. The number of carbonyl (C=O) groups excluding carboxylic acids is 1. The Bertz CT molecular complexity index is 520. The largest absolute Gasteiger partial charge is 0.409 e. The molecule has 1 aromatic rings. The number of hydrogen-bond donors (Lipinski definition) is 2. The van der Waals surface area contributed by atoms with E-state index in [2.05, 4.69) is 19.0 Å². The van der Waals surface area contributed by atoms with Crippen LogP contribution in [0.5, 0.6) is 0 Å². The van der Waals surface area contributed by atoms with Crippen LogP contribution < -0.4 is 5.73 Å². The third-order valence-electron chi connectivity index (χ3n) is 3.49. The lowest BCUT2D eigenvalue weighted by atomic mass is 10.1. The van der Waals surface area contributed by atoms with Crippen molar-refractivity contribution >= 4 is 23.5 Å². The quantitative estimate of drug-likeness (QED) is 0.385. The predicted octanol–water partition coefficient (Wildman–Crippen LogP) is 1.68. The zero-order chi connectivity index (χ0) is 15.4. The number of thioether (sulfide) groups is 1. The summed E-state index contributed by atoms with van der Waals surface area (Å²) in [5, 5.41) is 12.6. The number of hydrogen-bond acceptors (Lipinski definition) is 4. The van der Waals surface area contributed by atoms with Crippen LogP contribution >= 0.6 is 11.8 Å². The minimum Gasteiger partial charge on any atom is -0.409 e. The fourth-order valence-electron chi connectivity index (χ4n) is 2.52. The average molecular weight is 307 g/mol. The molecule has 1 amide bonds. The normalized spacial score (nSPS) is 23.1. The van der Waals surface area contributed by atoms with Gasteiger partial charge in [-0.1, -0.05) is 43.3 Å². The maximum absolute atomic E-state index is 12.4. The zero-order valence-electron chi connectivity index (χ0n) is 12.3. The summed E-state index contributed by atoms with van der Waals surface area (Å²) in [6.07, 6.45) is 0.389. The van der Waals surface area contributed by atoms with E-state index in [0.29, 0.717) is 22.5 Å². The summed E-state index contributed by atoms with van der Waals surface area (Å²) in [5.74, 6) is 0.231. The monoisotopic (exact) mass is 307 g/mol. The van der Waals surface area contributed by atoms with Crippen LogP contribution in [0.15, 0.2) is 29.4 Å². The molecule has 0 bridgehead atoms. The van der Waals surface area contributed by atoms with Crippen molar-refractivity contribution in [1.29, 1.82) is 0 Å². The standard InChI is InChI=1S/C15H21N3O2S/c1-10-8-18(9-11(2)21-10)14(19)7-12-3-5-13(6-4-12)15(16)17-20/h3-6,10-11,20H,7-9H2,1-2H3,(H2,16,17). The lowest BCUT2D eigenvalue weighted by Crippen LogP contribution is -2.44. The summed E-state index contributed by atoms with van der Waals surface area (Å²) < 4.78 is 0. The van der Waals surface area contributed by atoms with Crippen molar-refractivity contribution in [3.05, 3.63) is 35.4 Å². The summed E-state index contributed by atoms with van der Waals surface area (Å²) in [4.78, 5) is 14.3. The van der Waals surface area contributed by atoms with Gasteiger partial charge in [-0.25, -0.2) is 0 Å². The molecule has 1 aromatic carbocycles. The van der Waals surface area contributed by atoms with Crippen LogP contribution in [-0.2, 0) is 11.2 Å². The Morgan fingerprint density at radius 2 is 1.90 bits per heavy atom. The first kappa shape index (κ1) is 15.7. The lowest BCUT2D eigenvalue weighted by molar-refractivity contribution is -0.130. The molecule has 114 valence electrons. The first-order valence-electron chi connectivity index (χ1n) is 6.99. The van der Waals surface area contributed by atoms with Gasteiger partial charge in [-0.05, 0) is 5.56 Å². The number of nitrogens with two attached hydrogens (primary N) is 1. The third-order valence-corrected chi connectivity index (χ3v) is 4.71. The second-order valence-electron chi connectivity index (χ2n) is 5.41. The number of nitrogens with zero attached hydrogens (tertiary/aromatic N) is 2. The van der Waals surface area contributed by atoms with Gasteiger partial charge in [0.25, 0.3) is 0 Å². The molecule has 6 heteroatoms. The molecule has 21 heavy (non-hydrogen) atoms. The Labute approximate surface area is 129 Å². The molecule has 1 heterocycles. The fraction of sp³-hybridized carbons (Fsp3) is 0.467. The molecule has 3 N–H and O–H groups in total. The molecule has 1 fully saturated rings. The fourth-order valence-corrected chi connectivity index (χ4v) is 3.84. The molecule has 0 aliphatic carbocycles. The van der Waals surface area contributed by atoms with E-state index in [9.17, 15) is 4.79 Å². The Morgan fingerprint density at radius 3 is 2.43 bits per heavy atom. The average Bonchev–Trinajstić information content (AvgIpc) is 2.46. The van der Waals surface area contributed by atoms with Crippen LogP contribution in [0.2, 0.25) is 0 Å². The van der Waals surface area contributed by atoms with Crippen molar-refractivity contribution in [2.75, 3.05) is 13.1 Å². The van der Waals surface area contributed by atoms with Gasteiger partial charge in [0.05, 0.1) is 6.42 Å². The lowest BCUT2D eigenvalue weighted by Gasteiger charge is -2.34. The summed E-state index contributed by atoms with van der Waals surface area (Å²) in [7, 11) is 0. The summed E-state index contributed by atoms with van der Waals surface area (Å²) >= 11 is 1.93. The van der Waals surface area contributed by atoms with Crippen LogP contribution in [0, 0.1) is 0 Å². The molecule has 2 rings (SSSR count). The van der Waals surface area contributed by atoms with Crippen LogP contribution in [-0.4, -0.2) is 45.4 Å². The smallest absolute Gasteiger partial charge is 0.227 e. The van der Waals surface area contributed by atoms with Gasteiger partial charge < -0.3 is 15.8 Å². The molecule has 0 spiro atoms. The van der Waals surface area contributed by atoms with Gasteiger partial charge in [0.15, 0.2) is 5.84 Å². The number of oxime groups is 1. The predicted molar refractivity (Wildman–Crippen MR) is 85.8 cm³/mol. The molecule has 0 radical (unpaired) electrons. The molecule has 2 atom stereocenters. The van der Waals surface area contributed by atoms with Crippen LogP contribution in [0.4, 0.5) is 0 Å². The highest BCUT2D eigenvalue weighted by molar-refractivity contribution is 8.00. The van der Waals surface area contributed by atoms with E-state index in [1.807, 2.05) is 28.8 Å². The Balaban J connectivity index is 1.99. The molecule has 1 aliphatic heterocycles. The maximum Gasteiger partial charge on any atom is 0.227 e. The van der Waals surface area contributed by atoms with Crippen molar-refractivity contribution in [3.8, 4) is 0 Å². The van der Waals surface area contributed by atoms with Gasteiger partial charge in [-0.3, -0.25) is 4.79 Å². The topological polar surface area (TPSA) is 78.9 Å². The number of carbonyl (C=O) groups is 1. The summed E-state index contributed by atoms with van der Waals surface area (Å²) in [6.45, 7) is 5.95. The minimum absolute atomic E-state index is 0.0728. The van der Waals surface area contributed by atoms with Gasteiger partial charge >= 0.3 is 0 Å². The van der Waals surface area contributed by atoms with Gasteiger partial charge in [-0.15, -0.1) is 0 Å². The molecule has 1 aliphatic rings. The van der Waals surface area contributed by atoms with Gasteiger partial charge in [0, 0.05) is 29.2 Å². The Hall–Kier alpha value is -1.69. The number of amides is 1. The minimum atomic E-state index is 0.0728. The molecule has 2 unspecified atom stereocenters. The van der Waals surface area contributed by atoms with E-state index in [4.69, 9.17) is 10.9 Å². The second kappa shape index (κ2) is 6.85. The number of benzene rings is 1. The zero-order valence-corrected chi connectivity index (χ0v) is 13.1. The maximum atomic E-state index is 12.4. The molecule has 5 nitrogen and oxygen atoms in total. The number of rotatable bonds is 3. The van der Waals surface area contributed by atoms with E-state index in [1.165, 1.54) is 0 Å². The molecule has 1 saturated heterocycles. The molecule has 0 saturated carbocycles. The van der Waals surface area contributed by atoms with E-state index in [1.54, 1.807) is 12.1 Å². The highest BCUT2D eigenvalue weighted by Crippen LogP contribution is 2.25. The van der Waals surface area contributed by atoms with Crippen molar-refractivity contribution in [1.82, 2.24) is 4.90 Å². The van der Waals surface area contributed by atoms with E-state index in [-0.39, 0.29) is 11.7 Å². The van der Waals surface area contributed by atoms with Gasteiger partial charge in [0.1, 0.15) is 0 Å². The Kier molecular flexibility index (Phi) is 5.12. The van der Waals surface area contributed by atoms with Crippen LogP contribution in [0.1, 0.15) is 25.0 Å². The second-order valence-corrected chi connectivity index (χ2v) is 7.30. The van der Waals surface area contributed by atoms with Crippen LogP contribution in [0.3, 0.4) is 0 Å². The summed E-state index contributed by atoms with van der Waals surface area (Å²) in [5.41, 5.74) is 7.10. The first-order valence-corrected chi connectivity index (χ1v) is 7.94. The van der Waals surface area contributed by atoms with Crippen molar-refractivity contribution in [3.63, 3.8) is 0 Å². The van der Waals surface area contributed by atoms with Crippen molar-refractivity contribution in [2.24, 2.45) is 10.9 Å².